The quantitative estimate of drug-likeness (QED) is 0.320. The second kappa shape index (κ2) is 7.18. The van der Waals surface area contributed by atoms with E-state index in [1.54, 1.807) is 0 Å². The number of nitrogens with zero attached hydrogens (tertiary/aromatic N) is 2. The number of nitrogens with one attached hydrogen (secondary N) is 3. The Hall–Kier alpha value is -4.87. The van der Waals surface area contributed by atoms with Gasteiger partial charge < -0.3 is 10.3 Å². The average molecular weight is 421 g/mol. The summed E-state index contributed by atoms with van der Waals surface area (Å²) >= 11 is 0. The number of benzene rings is 2. The van der Waals surface area contributed by atoms with Crippen LogP contribution in [-0.4, -0.2) is 32.6 Å². The molecule has 0 radical (unpaired) electrons. The predicted octanol–water partition coefficient (Wildman–Crippen LogP) is 1.02. The molecule has 0 saturated carbocycles. The summed E-state index contributed by atoms with van der Waals surface area (Å²) in [6.07, 6.45) is 1.03. The molecule has 0 atom stereocenters. The van der Waals surface area contributed by atoms with Gasteiger partial charge in [0.05, 0.1) is 21.7 Å². The molecule has 1 aliphatic rings. The van der Waals surface area contributed by atoms with Gasteiger partial charge in [-0.3, -0.25) is 34.3 Å². The lowest BCUT2D eigenvalue weighted by Crippen LogP contribution is -2.30. The zero-order valence-electron chi connectivity index (χ0n) is 15.4. The molecular weight excluding hydrogens is 410 g/mol. The SMILES string of the molecule is O=C(Nc1c[nH]c(=O)[nH]c1=O)c1cccc(N2C(=O)c3ccc([N+](=O)[O-])cc3C2=O)c1. The topological polar surface area (TPSA) is 175 Å². The Morgan fingerprint density at radius 3 is 2.45 bits per heavy atom. The molecule has 2 heterocycles. The van der Waals surface area contributed by atoms with Crippen molar-refractivity contribution < 1.29 is 19.3 Å². The molecule has 31 heavy (non-hydrogen) atoms. The van der Waals surface area contributed by atoms with Crippen molar-refractivity contribution in [3.8, 4) is 0 Å². The number of hydrogen-bond acceptors (Lipinski definition) is 7. The van der Waals surface area contributed by atoms with E-state index >= 15 is 0 Å². The van der Waals surface area contributed by atoms with Crippen molar-refractivity contribution in [2.75, 3.05) is 10.2 Å². The monoisotopic (exact) mass is 421 g/mol. The van der Waals surface area contributed by atoms with Crippen LogP contribution in [0.1, 0.15) is 31.1 Å². The number of aromatic amines is 2. The van der Waals surface area contributed by atoms with Gasteiger partial charge in [-0.1, -0.05) is 6.07 Å². The zero-order chi connectivity index (χ0) is 22.3. The Labute approximate surface area is 171 Å². The highest BCUT2D eigenvalue weighted by Crippen LogP contribution is 2.31. The van der Waals surface area contributed by atoms with Crippen LogP contribution in [0.15, 0.2) is 58.3 Å². The third-order valence-electron chi connectivity index (χ3n) is 4.51. The van der Waals surface area contributed by atoms with Crippen LogP contribution in [0.2, 0.25) is 0 Å². The number of aromatic nitrogens is 2. The molecule has 3 N–H and O–H groups in total. The maximum Gasteiger partial charge on any atom is 0.325 e. The van der Waals surface area contributed by atoms with Gasteiger partial charge in [0, 0.05) is 23.9 Å². The second-order valence-corrected chi connectivity index (χ2v) is 6.42. The van der Waals surface area contributed by atoms with Gasteiger partial charge in [0.15, 0.2) is 0 Å². The predicted molar refractivity (Wildman–Crippen MR) is 106 cm³/mol. The van der Waals surface area contributed by atoms with E-state index in [0.717, 1.165) is 23.2 Å². The third kappa shape index (κ3) is 3.37. The summed E-state index contributed by atoms with van der Waals surface area (Å²) in [5.74, 6) is -2.19. The molecule has 1 aromatic heterocycles. The molecule has 0 unspecified atom stereocenters. The number of carbonyl (C=O) groups excluding carboxylic acids is 3. The van der Waals surface area contributed by atoms with Gasteiger partial charge in [0.2, 0.25) is 0 Å². The van der Waals surface area contributed by atoms with Gasteiger partial charge in [0.25, 0.3) is 29.0 Å². The molecule has 3 aromatic rings. The minimum Gasteiger partial charge on any atom is -0.316 e. The Morgan fingerprint density at radius 2 is 1.74 bits per heavy atom. The highest BCUT2D eigenvalue weighted by atomic mass is 16.6. The fourth-order valence-electron chi connectivity index (χ4n) is 3.06. The van der Waals surface area contributed by atoms with Gasteiger partial charge in [-0.15, -0.1) is 0 Å². The standard InChI is InChI=1S/C19H11N5O7/c25-15(21-14-8-20-19(29)22-16(14)26)9-2-1-3-10(6-9)23-17(27)12-5-4-11(24(30)31)7-13(12)18(23)28/h1-8H,(H,21,25)(H2,20,22,26,29). The minimum atomic E-state index is -0.810. The van der Waals surface area contributed by atoms with E-state index in [-0.39, 0.29) is 33.8 Å². The molecule has 12 nitrogen and oxygen atoms in total. The first-order valence-electron chi connectivity index (χ1n) is 8.67. The number of fused-ring (bicyclic) bond motifs is 1. The zero-order valence-corrected chi connectivity index (χ0v) is 15.4. The van der Waals surface area contributed by atoms with Crippen LogP contribution in [0, 0.1) is 10.1 Å². The van der Waals surface area contributed by atoms with Crippen LogP contribution in [0.3, 0.4) is 0 Å². The summed E-state index contributed by atoms with van der Waals surface area (Å²) in [4.78, 5) is 76.0. The maximum atomic E-state index is 12.7. The lowest BCUT2D eigenvalue weighted by molar-refractivity contribution is -0.384. The van der Waals surface area contributed by atoms with E-state index in [1.165, 1.54) is 30.3 Å². The van der Waals surface area contributed by atoms with Crippen LogP contribution in [0.4, 0.5) is 17.1 Å². The van der Waals surface area contributed by atoms with Crippen molar-refractivity contribution >= 4 is 34.8 Å². The number of anilines is 2. The van der Waals surface area contributed by atoms with E-state index < -0.39 is 33.9 Å². The van der Waals surface area contributed by atoms with Crippen molar-refractivity contribution in [2.45, 2.75) is 0 Å². The molecule has 0 saturated heterocycles. The lowest BCUT2D eigenvalue weighted by Gasteiger charge is -2.15. The average Bonchev–Trinajstić information content (AvgIpc) is 3.00. The number of nitro groups is 1. The maximum absolute atomic E-state index is 12.7. The molecule has 154 valence electrons. The summed E-state index contributed by atoms with van der Waals surface area (Å²) in [7, 11) is 0. The van der Waals surface area contributed by atoms with Gasteiger partial charge in [-0.25, -0.2) is 9.69 Å². The summed E-state index contributed by atoms with van der Waals surface area (Å²) < 4.78 is 0. The molecular formula is C19H11N5O7. The van der Waals surface area contributed by atoms with Gasteiger partial charge >= 0.3 is 5.69 Å². The van der Waals surface area contributed by atoms with Crippen molar-refractivity contribution in [1.29, 1.82) is 0 Å². The van der Waals surface area contributed by atoms with Crippen LogP contribution in [0.25, 0.3) is 0 Å². The number of nitro benzene ring substituents is 1. The fourth-order valence-corrected chi connectivity index (χ4v) is 3.06. The lowest BCUT2D eigenvalue weighted by atomic mass is 10.1. The summed E-state index contributed by atoms with van der Waals surface area (Å²) in [6.45, 7) is 0. The fraction of sp³-hybridized carbons (Fsp3) is 0. The minimum absolute atomic E-state index is 0.00484. The van der Waals surface area contributed by atoms with Crippen molar-refractivity contribution in [1.82, 2.24) is 9.97 Å². The number of imide groups is 1. The van der Waals surface area contributed by atoms with Gasteiger partial charge in [0.1, 0.15) is 5.69 Å². The van der Waals surface area contributed by atoms with Crippen LogP contribution in [-0.2, 0) is 0 Å². The van der Waals surface area contributed by atoms with E-state index in [0.29, 0.717) is 0 Å². The summed E-state index contributed by atoms with van der Waals surface area (Å²) in [5, 5.41) is 13.3. The van der Waals surface area contributed by atoms with Gasteiger partial charge in [-0.2, -0.15) is 0 Å². The Balaban J connectivity index is 1.65. The molecule has 0 bridgehead atoms. The van der Waals surface area contributed by atoms with Crippen LogP contribution in [0.5, 0.6) is 0 Å². The number of amides is 3. The molecule has 2 aromatic carbocycles. The summed E-state index contributed by atoms with van der Waals surface area (Å²) in [5.41, 5.74) is -2.11. The van der Waals surface area contributed by atoms with E-state index in [2.05, 4.69) is 10.3 Å². The van der Waals surface area contributed by atoms with E-state index in [4.69, 9.17) is 0 Å². The molecule has 0 fully saturated rings. The highest BCUT2D eigenvalue weighted by Gasteiger charge is 2.38. The van der Waals surface area contributed by atoms with Crippen molar-refractivity contribution in [3.05, 3.63) is 96.3 Å². The van der Waals surface area contributed by atoms with E-state index in [9.17, 15) is 34.1 Å². The van der Waals surface area contributed by atoms with Crippen molar-refractivity contribution in [2.24, 2.45) is 0 Å². The molecule has 3 amide bonds. The number of H-pyrrole nitrogens is 2. The summed E-state index contributed by atoms with van der Waals surface area (Å²) in [6, 6.07) is 8.83. The Morgan fingerprint density at radius 1 is 1.00 bits per heavy atom. The second-order valence-electron chi connectivity index (χ2n) is 6.42. The molecule has 12 heteroatoms. The third-order valence-corrected chi connectivity index (χ3v) is 4.51. The number of carbonyl (C=O) groups is 3. The van der Waals surface area contributed by atoms with E-state index in [1.807, 2.05) is 4.98 Å². The normalized spacial score (nSPS) is 12.6. The largest absolute Gasteiger partial charge is 0.325 e. The van der Waals surface area contributed by atoms with Gasteiger partial charge in [-0.05, 0) is 24.3 Å². The number of rotatable bonds is 4. The first-order valence-corrected chi connectivity index (χ1v) is 8.67. The first kappa shape index (κ1) is 19.4. The van der Waals surface area contributed by atoms with Crippen LogP contribution < -0.4 is 21.5 Å². The number of non-ortho nitro benzene ring substituents is 1. The smallest absolute Gasteiger partial charge is 0.316 e. The molecule has 0 spiro atoms. The number of hydrogen-bond donors (Lipinski definition) is 3. The van der Waals surface area contributed by atoms with Crippen LogP contribution >= 0.6 is 0 Å². The molecule has 1 aliphatic heterocycles. The first-order chi connectivity index (χ1) is 14.8. The Kier molecular flexibility index (Phi) is 4.51. The highest BCUT2D eigenvalue weighted by molar-refractivity contribution is 6.34. The Bertz CT molecular complexity index is 1400. The molecule has 4 rings (SSSR count). The molecule has 0 aliphatic carbocycles. The van der Waals surface area contributed by atoms with Crippen molar-refractivity contribution in [3.63, 3.8) is 0 Å².